The molecule has 1 aromatic rings. The lowest BCUT2D eigenvalue weighted by atomic mass is 10.1. The maximum absolute atomic E-state index is 12.0. The molecule has 21 heavy (non-hydrogen) atoms. The van der Waals surface area contributed by atoms with Crippen molar-refractivity contribution in [3.05, 3.63) is 29.8 Å². The lowest BCUT2D eigenvalue weighted by molar-refractivity contribution is -0.134. The highest BCUT2D eigenvalue weighted by Crippen LogP contribution is 2.11. The van der Waals surface area contributed by atoms with Crippen molar-refractivity contribution in [2.24, 2.45) is 0 Å². The monoisotopic (exact) mass is 292 g/mol. The number of ether oxygens (including phenoxy) is 1. The second-order valence-corrected chi connectivity index (χ2v) is 5.48. The van der Waals surface area contributed by atoms with Crippen LogP contribution in [-0.2, 0) is 16.0 Å². The Hall–Kier alpha value is -1.59. The topological polar surface area (TPSA) is 61.8 Å². The number of nitrogens with zero attached hydrogens (tertiary/aromatic N) is 1. The molecular formula is C16H24N2O3. The predicted molar refractivity (Wildman–Crippen MR) is 81.3 cm³/mol. The fraction of sp³-hybridized carbons (Fsp3) is 0.562. The molecule has 0 unspecified atom stereocenters. The van der Waals surface area contributed by atoms with Gasteiger partial charge in [-0.1, -0.05) is 12.1 Å². The fourth-order valence-electron chi connectivity index (χ4n) is 2.33. The standard InChI is InChI=1S/C16H24N2O3/c1-13(2-3-14-4-6-15(19)7-5-14)17-12-16(20)18-8-10-21-11-9-18/h4-7,13,17,19H,2-3,8-12H2,1H3/t13-/m1/s1. The first-order valence-corrected chi connectivity index (χ1v) is 7.52. The molecule has 5 nitrogen and oxygen atoms in total. The maximum atomic E-state index is 12.0. The minimum Gasteiger partial charge on any atom is -0.508 e. The average molecular weight is 292 g/mol. The molecule has 0 radical (unpaired) electrons. The van der Waals surface area contributed by atoms with E-state index in [9.17, 15) is 9.90 Å². The maximum Gasteiger partial charge on any atom is 0.236 e. The van der Waals surface area contributed by atoms with Crippen LogP contribution < -0.4 is 5.32 Å². The van der Waals surface area contributed by atoms with Gasteiger partial charge in [0.2, 0.25) is 5.91 Å². The van der Waals surface area contributed by atoms with E-state index < -0.39 is 0 Å². The third kappa shape index (κ3) is 5.36. The van der Waals surface area contributed by atoms with E-state index in [-0.39, 0.29) is 11.9 Å². The molecule has 1 heterocycles. The number of carbonyl (C=O) groups excluding carboxylic acids is 1. The highest BCUT2D eigenvalue weighted by molar-refractivity contribution is 5.78. The molecule has 116 valence electrons. The molecule has 1 aliphatic rings. The van der Waals surface area contributed by atoms with Gasteiger partial charge in [0.25, 0.3) is 0 Å². The van der Waals surface area contributed by atoms with Crippen molar-refractivity contribution < 1.29 is 14.6 Å². The first kappa shape index (κ1) is 15.8. The minimum absolute atomic E-state index is 0.148. The summed E-state index contributed by atoms with van der Waals surface area (Å²) in [4.78, 5) is 13.8. The average Bonchev–Trinajstić information content (AvgIpc) is 2.53. The van der Waals surface area contributed by atoms with Crippen LogP contribution in [0.15, 0.2) is 24.3 Å². The molecule has 0 spiro atoms. The van der Waals surface area contributed by atoms with Gasteiger partial charge in [0.1, 0.15) is 5.75 Å². The van der Waals surface area contributed by atoms with Gasteiger partial charge in [0.15, 0.2) is 0 Å². The smallest absolute Gasteiger partial charge is 0.236 e. The van der Waals surface area contributed by atoms with Crippen LogP contribution in [-0.4, -0.2) is 54.8 Å². The Bertz CT molecular complexity index is 441. The van der Waals surface area contributed by atoms with Crippen LogP contribution in [0, 0.1) is 0 Å². The van der Waals surface area contributed by atoms with E-state index in [1.165, 1.54) is 5.56 Å². The summed E-state index contributed by atoms with van der Waals surface area (Å²) in [7, 11) is 0. The Balaban J connectivity index is 1.65. The number of nitrogens with one attached hydrogen (secondary N) is 1. The highest BCUT2D eigenvalue weighted by atomic mass is 16.5. The molecule has 1 atom stereocenters. The summed E-state index contributed by atoms with van der Waals surface area (Å²) in [5.74, 6) is 0.441. The molecule has 1 amide bonds. The van der Waals surface area contributed by atoms with Gasteiger partial charge in [-0.2, -0.15) is 0 Å². The molecule has 0 aromatic heterocycles. The Kier molecular flexibility index (Phi) is 6.02. The lowest BCUT2D eigenvalue weighted by Gasteiger charge is -2.27. The summed E-state index contributed by atoms with van der Waals surface area (Å²) in [6.07, 6.45) is 1.89. The second kappa shape index (κ2) is 8.00. The summed E-state index contributed by atoms with van der Waals surface area (Å²) in [6.45, 7) is 5.15. The number of phenolic OH excluding ortho intramolecular Hbond substituents is 1. The Morgan fingerprint density at radius 1 is 1.33 bits per heavy atom. The number of benzene rings is 1. The zero-order valence-electron chi connectivity index (χ0n) is 12.5. The number of hydrogen-bond acceptors (Lipinski definition) is 4. The molecule has 0 aliphatic carbocycles. The van der Waals surface area contributed by atoms with Crippen molar-refractivity contribution in [3.63, 3.8) is 0 Å². The van der Waals surface area contributed by atoms with E-state index in [1.54, 1.807) is 12.1 Å². The predicted octanol–water partition coefficient (Wildman–Crippen LogP) is 1.16. The van der Waals surface area contributed by atoms with Gasteiger partial charge >= 0.3 is 0 Å². The van der Waals surface area contributed by atoms with Crippen LogP contribution in [0.4, 0.5) is 0 Å². The van der Waals surface area contributed by atoms with Crippen LogP contribution in [0.25, 0.3) is 0 Å². The van der Waals surface area contributed by atoms with E-state index in [0.717, 1.165) is 12.8 Å². The Morgan fingerprint density at radius 3 is 2.67 bits per heavy atom. The molecule has 2 N–H and O–H groups in total. The van der Waals surface area contributed by atoms with Gasteiger partial charge in [-0.15, -0.1) is 0 Å². The van der Waals surface area contributed by atoms with Crippen molar-refractivity contribution >= 4 is 5.91 Å². The molecular weight excluding hydrogens is 268 g/mol. The van der Waals surface area contributed by atoms with E-state index >= 15 is 0 Å². The summed E-state index contributed by atoms with van der Waals surface area (Å²) in [5, 5.41) is 12.5. The summed E-state index contributed by atoms with van der Waals surface area (Å²) in [6, 6.07) is 7.55. The van der Waals surface area contributed by atoms with Crippen LogP contribution in [0.3, 0.4) is 0 Å². The van der Waals surface area contributed by atoms with Gasteiger partial charge in [-0.3, -0.25) is 4.79 Å². The number of carbonyl (C=O) groups is 1. The molecule has 0 saturated carbocycles. The zero-order valence-corrected chi connectivity index (χ0v) is 12.5. The quantitative estimate of drug-likeness (QED) is 0.826. The lowest BCUT2D eigenvalue weighted by Crippen LogP contribution is -2.46. The number of rotatable bonds is 6. The van der Waals surface area contributed by atoms with Gasteiger partial charge in [-0.25, -0.2) is 0 Å². The third-order valence-electron chi connectivity index (χ3n) is 3.77. The van der Waals surface area contributed by atoms with Crippen LogP contribution in [0.1, 0.15) is 18.9 Å². The number of aromatic hydroxyl groups is 1. The third-order valence-corrected chi connectivity index (χ3v) is 3.77. The van der Waals surface area contributed by atoms with Crippen LogP contribution >= 0.6 is 0 Å². The Morgan fingerprint density at radius 2 is 2.00 bits per heavy atom. The van der Waals surface area contributed by atoms with E-state index in [4.69, 9.17) is 4.74 Å². The van der Waals surface area contributed by atoms with Crippen LogP contribution in [0.2, 0.25) is 0 Å². The largest absolute Gasteiger partial charge is 0.508 e. The van der Waals surface area contributed by atoms with Crippen LogP contribution in [0.5, 0.6) is 5.75 Å². The van der Waals surface area contributed by atoms with Gasteiger partial charge in [0.05, 0.1) is 19.8 Å². The normalized spacial score (nSPS) is 16.7. The summed E-state index contributed by atoms with van der Waals surface area (Å²) < 4.78 is 5.24. The molecule has 1 aromatic carbocycles. The molecule has 1 fully saturated rings. The van der Waals surface area contributed by atoms with E-state index in [0.29, 0.717) is 38.6 Å². The highest BCUT2D eigenvalue weighted by Gasteiger charge is 2.16. The summed E-state index contributed by atoms with van der Waals surface area (Å²) in [5.41, 5.74) is 1.20. The van der Waals surface area contributed by atoms with Gasteiger partial charge in [-0.05, 0) is 37.5 Å². The molecule has 1 saturated heterocycles. The molecule has 0 bridgehead atoms. The van der Waals surface area contributed by atoms with E-state index in [2.05, 4.69) is 12.2 Å². The second-order valence-electron chi connectivity index (χ2n) is 5.48. The van der Waals surface area contributed by atoms with Crippen molar-refractivity contribution in [2.75, 3.05) is 32.8 Å². The minimum atomic E-state index is 0.148. The fourth-order valence-corrected chi connectivity index (χ4v) is 2.33. The number of amides is 1. The Labute approximate surface area is 125 Å². The SMILES string of the molecule is C[C@H](CCc1ccc(O)cc1)NCC(=O)N1CCOCC1. The van der Waals surface area contributed by atoms with Crippen molar-refractivity contribution in [1.82, 2.24) is 10.2 Å². The van der Waals surface area contributed by atoms with Crippen molar-refractivity contribution in [3.8, 4) is 5.75 Å². The van der Waals surface area contributed by atoms with Gasteiger partial charge in [0, 0.05) is 19.1 Å². The van der Waals surface area contributed by atoms with Gasteiger partial charge < -0.3 is 20.1 Å². The summed E-state index contributed by atoms with van der Waals surface area (Å²) >= 11 is 0. The molecule has 1 aliphatic heterocycles. The van der Waals surface area contributed by atoms with Crippen molar-refractivity contribution in [1.29, 1.82) is 0 Å². The molecule has 5 heteroatoms. The van der Waals surface area contributed by atoms with E-state index in [1.807, 2.05) is 17.0 Å². The number of hydrogen-bond donors (Lipinski definition) is 2. The number of aryl methyl sites for hydroxylation is 1. The first-order chi connectivity index (χ1) is 10.1. The number of morpholine rings is 1. The number of phenols is 1. The molecule has 2 rings (SSSR count). The first-order valence-electron chi connectivity index (χ1n) is 7.52. The van der Waals surface area contributed by atoms with Crippen molar-refractivity contribution in [2.45, 2.75) is 25.8 Å². The zero-order chi connectivity index (χ0) is 15.1.